The van der Waals surface area contributed by atoms with Gasteiger partial charge in [0, 0.05) is 84.7 Å². The number of amides is 5. The van der Waals surface area contributed by atoms with Crippen molar-refractivity contribution in [3.63, 3.8) is 0 Å². The summed E-state index contributed by atoms with van der Waals surface area (Å²) in [5.41, 5.74) is 4.40. The molecule has 0 radical (unpaired) electrons. The predicted octanol–water partition coefficient (Wildman–Crippen LogP) is 2.95. The van der Waals surface area contributed by atoms with Crippen LogP contribution in [0.4, 0.5) is 8.63 Å². The second kappa shape index (κ2) is 33.0. The first kappa shape index (κ1) is 71.5. The molecule has 3 unspecified atom stereocenters. The Labute approximate surface area is 524 Å². The third-order valence-electron chi connectivity index (χ3n) is 15.3. The Balaban J connectivity index is 1.03. The Morgan fingerprint density at radius 1 is 0.843 bits per heavy atom. The van der Waals surface area contributed by atoms with Crippen LogP contribution >= 0.6 is 12.0 Å². The second-order valence-corrected chi connectivity index (χ2v) is 27.2. The molecule has 490 valence electrons. The number of quaternary nitrogens is 3. The average molecular weight is 1290 g/mol. The molecule has 29 heteroatoms. The van der Waals surface area contributed by atoms with Crippen LogP contribution in [0.25, 0.3) is 18.2 Å². The number of hydroxylamine groups is 2. The smallest absolute Gasteiger partial charge is 0.737 e. The number of likely N-dealkylation sites (N-methyl/N-ethyl adjacent to an activating group) is 1. The highest BCUT2D eigenvalue weighted by Crippen LogP contribution is 2.40. The molecule has 5 N–H and O–H groups in total. The van der Waals surface area contributed by atoms with Crippen molar-refractivity contribution in [2.45, 2.75) is 115 Å². The maximum Gasteiger partial charge on any atom is 0.737 e. The molecule has 5 heterocycles. The number of benzene rings is 1. The summed E-state index contributed by atoms with van der Waals surface area (Å²) in [5.74, 6) is -3.70. The van der Waals surface area contributed by atoms with Gasteiger partial charge in [-0.25, -0.2) is 13.2 Å². The third-order valence-corrected chi connectivity index (χ3v) is 16.7. The number of ether oxygens (including phenoxy) is 1. The highest BCUT2D eigenvalue weighted by Gasteiger charge is 2.55. The molecule has 1 fully saturated rings. The van der Waals surface area contributed by atoms with E-state index in [1.165, 1.54) is 0 Å². The molecule has 3 aliphatic rings. The number of imide groups is 1. The van der Waals surface area contributed by atoms with Crippen molar-refractivity contribution in [2.24, 2.45) is 0 Å². The molecule has 2 aromatic heterocycles. The van der Waals surface area contributed by atoms with Crippen molar-refractivity contribution in [1.29, 1.82) is 0 Å². The summed E-state index contributed by atoms with van der Waals surface area (Å²) in [6, 6.07) is 9.91. The number of nitrogens with zero attached hydrogens (tertiary/aromatic N) is 5. The van der Waals surface area contributed by atoms with Gasteiger partial charge in [-0.1, -0.05) is 18.2 Å². The van der Waals surface area contributed by atoms with Gasteiger partial charge in [0.25, 0.3) is 11.8 Å². The number of nitrogens with one attached hydrogen (secondary N) is 5. The molecule has 1 aromatic carbocycles. The van der Waals surface area contributed by atoms with Gasteiger partial charge >= 0.3 is 12.9 Å². The fraction of sp³-hybridized carbons (Fsp3) is 0.550. The molecule has 3 aromatic rings. The van der Waals surface area contributed by atoms with E-state index in [-0.39, 0.29) is 68.7 Å². The van der Waals surface area contributed by atoms with Crippen molar-refractivity contribution in [1.82, 2.24) is 30.5 Å². The lowest BCUT2D eigenvalue weighted by Crippen LogP contribution is -3.09. The van der Waals surface area contributed by atoms with Crippen LogP contribution in [-0.4, -0.2) is 201 Å². The lowest BCUT2D eigenvalue weighted by molar-refractivity contribution is -0.878. The van der Waals surface area contributed by atoms with Crippen LogP contribution in [0.1, 0.15) is 124 Å². The molecular weight excluding hydrogens is 1200 g/mol. The molecule has 5 amide bonds. The van der Waals surface area contributed by atoms with E-state index in [0.717, 1.165) is 64.0 Å². The number of H-pyrrole nitrogens is 1. The van der Waals surface area contributed by atoms with Crippen LogP contribution in [0.2, 0.25) is 0 Å². The van der Waals surface area contributed by atoms with Gasteiger partial charge in [0.2, 0.25) is 17.7 Å². The predicted molar refractivity (Wildman–Crippen MR) is 329 cm³/mol. The number of hydrogen-bond acceptors (Lipinski definition) is 15. The average Bonchev–Trinajstić information content (AvgIpc) is 1.60. The Bertz CT molecular complexity index is 3190. The number of carbonyl (C=O) groups is 6. The largest absolute Gasteiger partial charge is 0.748 e. The van der Waals surface area contributed by atoms with Gasteiger partial charge in [-0.2, -0.15) is 4.33 Å². The summed E-state index contributed by atoms with van der Waals surface area (Å²) >= 11 is 0.506. The molecule has 6 rings (SSSR count). The Kier molecular flexibility index (Phi) is 26.5. The quantitative estimate of drug-likeness (QED) is 0.00803. The van der Waals surface area contributed by atoms with E-state index in [1.54, 1.807) is 54.6 Å². The fourth-order valence-electron chi connectivity index (χ4n) is 10.7. The first-order valence-electron chi connectivity index (χ1n) is 30.3. The summed E-state index contributed by atoms with van der Waals surface area (Å²) in [4.78, 5) is 85.6. The summed E-state index contributed by atoms with van der Waals surface area (Å²) in [5, 5.41) is 23.1. The van der Waals surface area contributed by atoms with E-state index in [2.05, 4.69) is 72.6 Å². The molecule has 0 saturated carbocycles. The zero-order valence-electron chi connectivity index (χ0n) is 52.4. The number of allylic oxidation sites excluding steroid dienone is 2. The third kappa shape index (κ3) is 22.7. The maximum absolute atomic E-state index is 17.5. The molecule has 0 spiro atoms. The minimum Gasteiger partial charge on any atom is -0.748 e. The second-order valence-electron chi connectivity index (χ2n) is 25.0. The highest BCUT2D eigenvalue weighted by atomic mass is 32.2. The van der Waals surface area contributed by atoms with E-state index >= 15 is 8.63 Å². The highest BCUT2D eigenvalue weighted by molar-refractivity contribution is 7.94. The van der Waals surface area contributed by atoms with Crippen molar-refractivity contribution in [2.75, 3.05) is 100 Å². The van der Waals surface area contributed by atoms with Crippen molar-refractivity contribution < 1.29 is 92.9 Å². The van der Waals surface area contributed by atoms with E-state index in [1.807, 2.05) is 26.1 Å². The topological polar surface area (TPSA) is 287 Å². The molecule has 3 atom stereocenters. The number of unbranched alkanes of at least 4 members (excludes halogenated alkanes) is 3. The van der Waals surface area contributed by atoms with Crippen molar-refractivity contribution in [3.05, 3.63) is 93.7 Å². The van der Waals surface area contributed by atoms with Crippen LogP contribution in [0.15, 0.2) is 59.8 Å². The van der Waals surface area contributed by atoms with Crippen molar-refractivity contribution in [3.8, 4) is 5.75 Å². The van der Waals surface area contributed by atoms with Crippen LogP contribution in [-0.2, 0) is 59.5 Å². The molecule has 24 nitrogen and oxygen atoms in total. The lowest BCUT2D eigenvalue weighted by atomic mass is 9.88. The van der Waals surface area contributed by atoms with Crippen LogP contribution in [0, 0.1) is 6.92 Å². The summed E-state index contributed by atoms with van der Waals surface area (Å²) in [7, 11) is 9.81. The maximum atomic E-state index is 17.5. The number of halogens is 2. The first-order valence-corrected chi connectivity index (χ1v) is 32.8. The number of rotatable bonds is 39. The number of aromatic amines is 1. The molecular formula is C60H88BF2N10O14S2+. The van der Waals surface area contributed by atoms with Crippen LogP contribution in [0.3, 0.4) is 0 Å². The van der Waals surface area contributed by atoms with Gasteiger partial charge in [0.15, 0.2) is 11.4 Å². The standard InChI is InChI=1S/C60H87BF2N10O14S2/c1-43-22-29-49(65-43)54-40-46(17-14-36-73(6,7)8)53-41-52-45(18-16-38-89(81,82)83)39-47(69(52)61(62,63)70(53)54)26-23-44-24-27-48(28-25-44)84-37-15-20-55(74)66-51(42-88-87-86-80)60(79)67-50(19-11-13-35-72(3,4)5)59(78)64-32-34-68(2)33-12-9-10-21-58(77)85-71-56(75)30-31-57(71)76/h22-29,39-41,50-51,65H,9-21,30-38,42H2,1-8H3,(H3-2,64,66,67,74,78,79,80,81,82,83)/p+1/b26-23+. The SMILES string of the molecule is Cc1ccc(C2=[N+]3C(=Cc4c(CCCS(=O)(=O)[O-])cc(/C=C/c5ccc(OCCCC(=O)NC(CSOO[O-])C(=O)NC(CCCC[N+](C)(C)C)C(=O)NCC[NH+](C)CCCCCC(=O)ON6C(=O)CCC6=O)cc5)n4[B-]3(F)F)C(CCC[N+](C)(C)C)=C2)[nH]1. The normalized spacial score (nSPS) is 16.0. The van der Waals surface area contributed by atoms with Crippen molar-refractivity contribution >= 4 is 88.6 Å². The number of hydrogen-bond donors (Lipinski definition) is 5. The first-order chi connectivity index (χ1) is 42.0. The minimum atomic E-state index is -4.55. The van der Waals surface area contributed by atoms with E-state index in [0.29, 0.717) is 105 Å². The van der Waals surface area contributed by atoms with Crippen LogP contribution in [0.5, 0.6) is 5.75 Å². The molecule has 1 saturated heterocycles. The molecule has 3 aliphatic heterocycles. The summed E-state index contributed by atoms with van der Waals surface area (Å²) in [6.07, 6.45) is 12.1. The zero-order chi connectivity index (χ0) is 65.1. The van der Waals surface area contributed by atoms with Crippen LogP contribution < -0.4 is 30.8 Å². The number of fused-ring (bicyclic) bond motifs is 2. The van der Waals surface area contributed by atoms with E-state index in [4.69, 9.17) is 9.57 Å². The van der Waals surface area contributed by atoms with Gasteiger partial charge < -0.3 is 71.8 Å². The fourth-order valence-corrected chi connectivity index (χ4v) is 11.6. The van der Waals surface area contributed by atoms with E-state index < -0.39 is 70.4 Å². The van der Waals surface area contributed by atoms with Gasteiger partial charge in [-0.05, 0) is 119 Å². The Morgan fingerprint density at radius 2 is 1.55 bits per heavy atom. The lowest BCUT2D eigenvalue weighted by Gasteiger charge is -2.31. The molecule has 89 heavy (non-hydrogen) atoms. The summed E-state index contributed by atoms with van der Waals surface area (Å²) < 4.78 is 83.8. The minimum absolute atomic E-state index is 0.0254. The monoisotopic (exact) mass is 1290 g/mol. The van der Waals surface area contributed by atoms with Gasteiger partial charge in [-0.3, -0.25) is 29.0 Å². The summed E-state index contributed by atoms with van der Waals surface area (Å²) in [6.45, 7) is 0.673. The number of aryl methyl sites for hydroxylation is 2. The zero-order valence-corrected chi connectivity index (χ0v) is 54.0. The molecule has 0 bridgehead atoms. The van der Waals surface area contributed by atoms with Gasteiger partial charge in [-0.15, -0.1) is 5.06 Å². The number of carbonyl (C=O) groups excluding carboxylic acids is 6. The molecule has 0 aliphatic carbocycles. The van der Waals surface area contributed by atoms with Gasteiger partial charge in [0.1, 0.15) is 23.5 Å². The van der Waals surface area contributed by atoms with E-state index in [9.17, 15) is 47.0 Å². The Hall–Kier alpha value is -6.57. The van der Waals surface area contributed by atoms with Gasteiger partial charge in [0.05, 0.1) is 105 Å². The number of aromatic nitrogens is 2. The Morgan fingerprint density at radius 3 is 2.21 bits per heavy atom.